The molecule has 10 nitrogen and oxygen atoms in total. The van der Waals surface area contributed by atoms with E-state index in [2.05, 4.69) is 15.5 Å². The summed E-state index contributed by atoms with van der Waals surface area (Å²) in [7, 11) is 2.49. The quantitative estimate of drug-likeness (QED) is 0.710. The molecule has 0 radical (unpaired) electrons. The molecule has 0 bridgehead atoms. The Bertz CT molecular complexity index is 800. The highest BCUT2D eigenvalue weighted by atomic mass is 16.5. The van der Waals surface area contributed by atoms with Crippen molar-refractivity contribution in [3.8, 4) is 5.69 Å². The van der Waals surface area contributed by atoms with Gasteiger partial charge in [0.1, 0.15) is 18.8 Å². The highest BCUT2D eigenvalue weighted by Gasteiger charge is 2.32. The van der Waals surface area contributed by atoms with Gasteiger partial charge in [0.2, 0.25) is 0 Å². The Hall–Kier alpha value is -3.27. The number of methoxy groups -OCH3 is 2. The van der Waals surface area contributed by atoms with Gasteiger partial charge in [0.25, 0.3) is 0 Å². The van der Waals surface area contributed by atoms with Gasteiger partial charge in [0.15, 0.2) is 0 Å². The average Bonchev–Trinajstić information content (AvgIpc) is 3.21. The molecule has 0 atom stereocenters. The molecule has 0 fully saturated rings. The lowest BCUT2D eigenvalue weighted by atomic mass is 10.1. The van der Waals surface area contributed by atoms with Crippen molar-refractivity contribution in [2.75, 3.05) is 32.5 Å². The molecule has 2 heterocycles. The highest BCUT2D eigenvalue weighted by Crippen LogP contribution is 2.27. The Labute approximate surface area is 142 Å². The number of hydrogen-bond acceptors (Lipinski definition) is 9. The van der Waals surface area contributed by atoms with Gasteiger partial charge in [-0.2, -0.15) is 0 Å². The van der Waals surface area contributed by atoms with E-state index in [1.807, 2.05) is 0 Å². The Morgan fingerprint density at radius 2 is 1.76 bits per heavy atom. The van der Waals surface area contributed by atoms with Crippen molar-refractivity contribution in [2.24, 2.45) is 0 Å². The monoisotopic (exact) mass is 345 g/mol. The molecule has 1 aliphatic rings. The van der Waals surface area contributed by atoms with E-state index in [9.17, 15) is 9.59 Å². The predicted octanol–water partition coefficient (Wildman–Crippen LogP) is 0.0565. The number of hydrogen-bond donors (Lipinski definition) is 0. The van der Waals surface area contributed by atoms with E-state index in [0.29, 0.717) is 5.69 Å². The zero-order valence-electron chi connectivity index (χ0n) is 13.6. The highest BCUT2D eigenvalue weighted by molar-refractivity contribution is 6.03. The molecule has 2 aromatic rings. The van der Waals surface area contributed by atoms with Crippen LogP contribution in [0.1, 0.15) is 0 Å². The lowest BCUT2D eigenvalue weighted by molar-refractivity contribution is -0.140. The van der Waals surface area contributed by atoms with Crippen molar-refractivity contribution in [3.63, 3.8) is 0 Å². The van der Waals surface area contributed by atoms with Crippen molar-refractivity contribution in [1.82, 2.24) is 20.2 Å². The Morgan fingerprint density at radius 1 is 1.08 bits per heavy atom. The number of aromatic nitrogens is 4. The molecule has 1 aromatic heterocycles. The van der Waals surface area contributed by atoms with Gasteiger partial charge in [-0.05, 0) is 34.7 Å². The van der Waals surface area contributed by atoms with Gasteiger partial charge >= 0.3 is 11.9 Å². The molecule has 0 N–H and O–H groups in total. The summed E-state index contributed by atoms with van der Waals surface area (Å²) in [5.74, 6) is -1.29. The zero-order chi connectivity index (χ0) is 17.8. The van der Waals surface area contributed by atoms with Gasteiger partial charge in [-0.15, -0.1) is 5.10 Å². The summed E-state index contributed by atoms with van der Waals surface area (Å²) < 4.78 is 16.5. The molecule has 25 heavy (non-hydrogen) atoms. The molecule has 130 valence electrons. The van der Waals surface area contributed by atoms with Crippen molar-refractivity contribution in [1.29, 1.82) is 0 Å². The van der Waals surface area contributed by atoms with Crippen LogP contribution in [-0.4, -0.2) is 59.7 Å². The number of ether oxygens (including phenoxy) is 3. The van der Waals surface area contributed by atoms with Crippen molar-refractivity contribution in [2.45, 2.75) is 0 Å². The second kappa shape index (κ2) is 7.09. The van der Waals surface area contributed by atoms with Crippen LogP contribution in [0.2, 0.25) is 0 Å². The minimum absolute atomic E-state index is 0.0314. The van der Waals surface area contributed by atoms with Gasteiger partial charge in [-0.1, -0.05) is 0 Å². The third-order valence-electron chi connectivity index (χ3n) is 3.61. The molecule has 1 aromatic carbocycles. The summed E-state index contributed by atoms with van der Waals surface area (Å²) in [5.41, 5.74) is 1.57. The van der Waals surface area contributed by atoms with E-state index in [-0.39, 0.29) is 24.6 Å². The average molecular weight is 345 g/mol. The third kappa shape index (κ3) is 3.19. The fourth-order valence-corrected chi connectivity index (χ4v) is 2.41. The number of benzene rings is 1. The molecule has 1 aliphatic heterocycles. The van der Waals surface area contributed by atoms with Gasteiger partial charge in [0.05, 0.1) is 32.1 Å². The number of carbonyl (C=O) groups is 2. The summed E-state index contributed by atoms with van der Waals surface area (Å²) in [4.78, 5) is 25.7. The third-order valence-corrected chi connectivity index (χ3v) is 3.61. The normalized spacial score (nSPS) is 14.4. The van der Waals surface area contributed by atoms with Crippen molar-refractivity contribution in [3.05, 3.63) is 41.9 Å². The number of carbonyl (C=O) groups excluding carboxylic acids is 2. The first-order valence-electron chi connectivity index (χ1n) is 7.24. The topological polar surface area (TPSA) is 109 Å². The van der Waals surface area contributed by atoms with Gasteiger partial charge < -0.3 is 19.1 Å². The van der Waals surface area contributed by atoms with E-state index in [4.69, 9.17) is 14.2 Å². The van der Waals surface area contributed by atoms with Crippen LogP contribution in [-0.2, 0) is 23.8 Å². The van der Waals surface area contributed by atoms with Crippen LogP contribution < -0.4 is 4.90 Å². The molecule has 0 unspecified atom stereocenters. The fraction of sp³-hybridized carbons (Fsp3) is 0.267. The van der Waals surface area contributed by atoms with Gasteiger partial charge in [-0.3, -0.25) is 0 Å². The molecule has 0 spiro atoms. The Kier molecular flexibility index (Phi) is 4.70. The largest absolute Gasteiger partial charge is 0.466 e. The van der Waals surface area contributed by atoms with Crippen LogP contribution in [0, 0.1) is 0 Å². The number of esters is 2. The Balaban J connectivity index is 1.99. The van der Waals surface area contributed by atoms with E-state index < -0.39 is 11.9 Å². The van der Waals surface area contributed by atoms with E-state index in [1.165, 1.54) is 25.2 Å². The molecule has 0 saturated heterocycles. The van der Waals surface area contributed by atoms with Gasteiger partial charge in [-0.25, -0.2) is 14.3 Å². The minimum Gasteiger partial charge on any atom is -0.466 e. The van der Waals surface area contributed by atoms with Crippen molar-refractivity contribution >= 4 is 17.6 Å². The van der Waals surface area contributed by atoms with Gasteiger partial charge in [0, 0.05) is 5.69 Å². The summed E-state index contributed by atoms with van der Waals surface area (Å²) in [6, 6.07) is 7.05. The fourth-order valence-electron chi connectivity index (χ4n) is 2.41. The standard InChI is InChI=1S/C15H15N5O5/c1-23-14(21)12-7-25-9-19(13(12)15(22)24-2)10-3-5-11(6-4-10)20-8-16-17-18-20/h3-6,8H,7,9H2,1-2H3. The van der Waals surface area contributed by atoms with E-state index in [1.54, 1.807) is 29.2 Å². The van der Waals surface area contributed by atoms with Crippen molar-refractivity contribution < 1.29 is 23.8 Å². The Morgan fingerprint density at radius 3 is 2.36 bits per heavy atom. The SMILES string of the molecule is COC(=O)C1=C(C(=O)OC)N(c2ccc(-n3cnnn3)cc2)COC1. The molecule has 3 rings (SSSR count). The molecule has 0 aliphatic carbocycles. The van der Waals surface area contributed by atoms with E-state index >= 15 is 0 Å². The second-order valence-electron chi connectivity index (χ2n) is 4.99. The summed E-state index contributed by atoms with van der Waals surface area (Å²) in [5, 5.41) is 11.0. The van der Waals surface area contributed by atoms with Crippen LogP contribution in [0.5, 0.6) is 0 Å². The molecular weight excluding hydrogens is 330 g/mol. The second-order valence-corrected chi connectivity index (χ2v) is 4.99. The maximum absolute atomic E-state index is 12.2. The first kappa shape index (κ1) is 16.6. The molecular formula is C15H15N5O5. The predicted molar refractivity (Wildman–Crippen MR) is 83.5 cm³/mol. The lowest BCUT2D eigenvalue weighted by Gasteiger charge is -2.31. The number of anilines is 1. The summed E-state index contributed by atoms with van der Waals surface area (Å²) in [6.07, 6.45) is 1.47. The number of rotatable bonds is 4. The maximum atomic E-state index is 12.2. The summed E-state index contributed by atoms with van der Waals surface area (Å²) >= 11 is 0. The van der Waals surface area contributed by atoms with Crippen LogP contribution in [0.4, 0.5) is 5.69 Å². The smallest absolute Gasteiger partial charge is 0.355 e. The maximum Gasteiger partial charge on any atom is 0.355 e. The lowest BCUT2D eigenvalue weighted by Crippen LogP contribution is -2.38. The molecule has 0 saturated carbocycles. The molecule has 0 amide bonds. The first-order valence-corrected chi connectivity index (χ1v) is 7.24. The first-order chi connectivity index (χ1) is 12.2. The zero-order valence-corrected chi connectivity index (χ0v) is 13.6. The number of tetrazole rings is 1. The van der Waals surface area contributed by atoms with Crippen LogP contribution in [0.3, 0.4) is 0 Å². The van der Waals surface area contributed by atoms with Crippen LogP contribution >= 0.6 is 0 Å². The minimum atomic E-state index is -0.645. The summed E-state index contributed by atoms with van der Waals surface area (Å²) in [6.45, 7) is 0.0610. The van der Waals surface area contributed by atoms with E-state index in [0.717, 1.165) is 5.69 Å². The van der Waals surface area contributed by atoms with Crippen LogP contribution in [0.25, 0.3) is 5.69 Å². The number of nitrogens with zero attached hydrogens (tertiary/aromatic N) is 5. The van der Waals surface area contributed by atoms with Crippen LogP contribution in [0.15, 0.2) is 41.9 Å². The molecule has 10 heteroatoms.